The third-order valence-corrected chi connectivity index (χ3v) is 7.24. The highest BCUT2D eigenvalue weighted by atomic mass is 32.2. The highest BCUT2D eigenvalue weighted by Crippen LogP contribution is 2.30. The average molecular weight is 472 g/mol. The van der Waals surface area contributed by atoms with Crippen LogP contribution in [0.5, 0.6) is 0 Å². The van der Waals surface area contributed by atoms with E-state index in [2.05, 4.69) is 27.6 Å². The Bertz CT molecular complexity index is 549. The van der Waals surface area contributed by atoms with Crippen LogP contribution in [0.2, 0.25) is 0 Å². The molecule has 178 valence electrons. The van der Waals surface area contributed by atoms with E-state index in [1.807, 2.05) is 13.8 Å². The van der Waals surface area contributed by atoms with E-state index in [1.54, 1.807) is 14.0 Å². The van der Waals surface area contributed by atoms with Crippen molar-refractivity contribution in [3.05, 3.63) is 0 Å². The second kappa shape index (κ2) is 19.4. The first kappa shape index (κ1) is 29.7. The van der Waals surface area contributed by atoms with Crippen LogP contribution < -0.4 is 5.32 Å². The smallest absolute Gasteiger partial charge is 0.323 e. The number of carboxylic acid groups (broad SMARTS) is 1. The van der Waals surface area contributed by atoms with Crippen molar-refractivity contribution in [1.29, 1.82) is 0 Å². The topological polar surface area (TPSA) is 82.0 Å². The lowest BCUT2D eigenvalue weighted by atomic mass is 9.89. The van der Waals surface area contributed by atoms with Crippen LogP contribution in [0, 0.1) is 12.3 Å². The van der Waals surface area contributed by atoms with E-state index in [-0.39, 0.29) is 11.8 Å². The second-order valence-electron chi connectivity index (χ2n) is 7.24. The van der Waals surface area contributed by atoms with Gasteiger partial charge in [-0.1, -0.05) is 64.1 Å². The summed E-state index contributed by atoms with van der Waals surface area (Å²) in [5.74, 6) is 1.49. The number of amidine groups is 1. The molecule has 0 aromatic carbocycles. The van der Waals surface area contributed by atoms with Crippen LogP contribution in [0.15, 0.2) is 4.99 Å². The number of thioether (sulfide) groups is 2. The lowest BCUT2D eigenvalue weighted by molar-refractivity contribution is -0.133. The standard InChI is InChI=1S/C18H31N3O3S2.C3H4.C2H6/c1-19-17(26-13-25-12-16(22)23)20-18(24)21(14-8-4-2-5-9-14)15-10-6-3-7-11-15;1-3-2;1-2/h14-15H,2-13H2,1H3,(H,22,23)(H,19,20,24);1H,2H3;1-2H3. The zero-order chi connectivity index (χ0) is 23.5. The second-order valence-corrected chi connectivity index (χ2v) is 9.56. The highest BCUT2D eigenvalue weighted by molar-refractivity contribution is 8.24. The molecule has 2 rings (SSSR count). The molecular formula is C23H41N3O3S2. The summed E-state index contributed by atoms with van der Waals surface area (Å²) < 4.78 is 0. The fourth-order valence-corrected chi connectivity index (χ4v) is 5.46. The summed E-state index contributed by atoms with van der Waals surface area (Å²) in [5.41, 5.74) is 0. The van der Waals surface area contributed by atoms with Gasteiger partial charge < -0.3 is 10.0 Å². The van der Waals surface area contributed by atoms with Crippen molar-refractivity contribution >= 4 is 40.7 Å². The Morgan fingerprint density at radius 1 is 1.06 bits per heavy atom. The molecule has 0 aromatic rings. The van der Waals surface area contributed by atoms with Gasteiger partial charge in [0, 0.05) is 24.2 Å². The van der Waals surface area contributed by atoms with Gasteiger partial charge in [-0.15, -0.1) is 24.1 Å². The molecule has 6 nitrogen and oxygen atoms in total. The van der Waals surface area contributed by atoms with Crippen LogP contribution in [0.1, 0.15) is 85.0 Å². The van der Waals surface area contributed by atoms with E-state index >= 15 is 0 Å². The van der Waals surface area contributed by atoms with E-state index < -0.39 is 5.97 Å². The summed E-state index contributed by atoms with van der Waals surface area (Å²) in [4.78, 5) is 30.0. The third kappa shape index (κ3) is 13.0. The van der Waals surface area contributed by atoms with Crippen LogP contribution in [0.4, 0.5) is 4.79 Å². The lowest BCUT2D eigenvalue weighted by Crippen LogP contribution is -2.53. The van der Waals surface area contributed by atoms with Crippen molar-refractivity contribution in [1.82, 2.24) is 10.2 Å². The monoisotopic (exact) mass is 471 g/mol. The van der Waals surface area contributed by atoms with E-state index in [0.717, 1.165) is 25.7 Å². The predicted octanol–water partition coefficient (Wildman–Crippen LogP) is 5.82. The Hall–Kier alpha value is -1.33. The van der Waals surface area contributed by atoms with Gasteiger partial charge in [0.15, 0.2) is 5.17 Å². The van der Waals surface area contributed by atoms with Crippen LogP contribution in [-0.4, -0.2) is 57.1 Å². The average Bonchev–Trinajstić information content (AvgIpc) is 2.79. The van der Waals surface area contributed by atoms with Crippen LogP contribution >= 0.6 is 23.5 Å². The highest BCUT2D eigenvalue weighted by Gasteiger charge is 2.32. The maximum absolute atomic E-state index is 13.1. The molecule has 0 bridgehead atoms. The number of rotatable bonds is 6. The van der Waals surface area contributed by atoms with Crippen LogP contribution in [0.3, 0.4) is 0 Å². The fraction of sp³-hybridized carbons (Fsp3) is 0.783. The van der Waals surface area contributed by atoms with Gasteiger partial charge in [-0.25, -0.2) is 4.79 Å². The summed E-state index contributed by atoms with van der Waals surface area (Å²) in [6, 6.07) is 0.660. The van der Waals surface area contributed by atoms with Crippen molar-refractivity contribution in [3.63, 3.8) is 0 Å². The fourth-order valence-electron chi connectivity index (χ4n) is 3.89. The van der Waals surface area contributed by atoms with Crippen LogP contribution in [-0.2, 0) is 4.79 Å². The van der Waals surface area contributed by atoms with Crippen molar-refractivity contribution in [2.45, 2.75) is 97.1 Å². The van der Waals surface area contributed by atoms with Gasteiger partial charge in [0.2, 0.25) is 0 Å². The Morgan fingerprint density at radius 3 is 1.90 bits per heavy atom. The first-order valence-electron chi connectivity index (χ1n) is 11.4. The minimum Gasteiger partial charge on any atom is -0.481 e. The van der Waals surface area contributed by atoms with Crippen molar-refractivity contribution in [2.75, 3.05) is 17.9 Å². The lowest BCUT2D eigenvalue weighted by Gasteiger charge is -2.41. The summed E-state index contributed by atoms with van der Waals surface area (Å²) in [6.07, 6.45) is 16.4. The summed E-state index contributed by atoms with van der Waals surface area (Å²) in [5, 5.41) is 12.8. The van der Waals surface area contributed by atoms with Gasteiger partial charge in [0.1, 0.15) is 0 Å². The molecule has 0 spiro atoms. The van der Waals surface area contributed by atoms with E-state index in [1.165, 1.54) is 62.0 Å². The van der Waals surface area contributed by atoms with E-state index in [0.29, 0.717) is 22.3 Å². The zero-order valence-electron chi connectivity index (χ0n) is 19.7. The number of terminal acetylenes is 1. The summed E-state index contributed by atoms with van der Waals surface area (Å²) in [7, 11) is 1.66. The van der Waals surface area contributed by atoms with Crippen molar-refractivity contribution < 1.29 is 14.7 Å². The maximum Gasteiger partial charge on any atom is 0.323 e. The molecule has 2 fully saturated rings. The number of aliphatic imine (C=N–C) groups is 1. The molecule has 0 atom stereocenters. The van der Waals surface area contributed by atoms with Crippen molar-refractivity contribution in [2.24, 2.45) is 4.99 Å². The molecule has 0 aliphatic heterocycles. The van der Waals surface area contributed by atoms with E-state index in [4.69, 9.17) is 5.11 Å². The molecule has 0 aromatic heterocycles. The summed E-state index contributed by atoms with van der Waals surface area (Å²) >= 11 is 2.71. The number of aliphatic carboxylic acids is 1. The van der Waals surface area contributed by atoms with Gasteiger partial charge in [-0.3, -0.25) is 15.1 Å². The molecule has 2 aliphatic carbocycles. The maximum atomic E-state index is 13.1. The number of carboxylic acids is 1. The van der Waals surface area contributed by atoms with E-state index in [9.17, 15) is 9.59 Å². The number of urea groups is 1. The molecule has 2 aliphatic rings. The Balaban J connectivity index is 0.00000165. The summed E-state index contributed by atoms with van der Waals surface area (Å²) in [6.45, 7) is 5.65. The molecule has 2 N–H and O–H groups in total. The number of hydrogen-bond acceptors (Lipinski definition) is 5. The number of nitrogens with one attached hydrogen (secondary N) is 1. The zero-order valence-corrected chi connectivity index (χ0v) is 21.3. The minimum atomic E-state index is -0.824. The van der Waals surface area contributed by atoms with Gasteiger partial charge in [0.05, 0.1) is 5.75 Å². The Kier molecular flexibility index (Phi) is 18.5. The molecule has 8 heteroatoms. The molecule has 2 amide bonds. The number of hydrogen-bond donors (Lipinski definition) is 2. The number of carbonyl (C=O) groups excluding carboxylic acids is 1. The molecule has 2 saturated carbocycles. The van der Waals surface area contributed by atoms with Crippen molar-refractivity contribution in [3.8, 4) is 12.3 Å². The van der Waals surface area contributed by atoms with Crippen LogP contribution in [0.25, 0.3) is 0 Å². The first-order valence-corrected chi connectivity index (χ1v) is 13.5. The number of nitrogens with zero attached hydrogens (tertiary/aromatic N) is 2. The molecule has 0 heterocycles. The van der Waals surface area contributed by atoms with Gasteiger partial charge in [-0.05, 0) is 32.6 Å². The largest absolute Gasteiger partial charge is 0.481 e. The molecule has 0 radical (unpaired) electrons. The van der Waals surface area contributed by atoms with Gasteiger partial charge >= 0.3 is 12.0 Å². The molecule has 0 saturated heterocycles. The Morgan fingerprint density at radius 2 is 1.52 bits per heavy atom. The van der Waals surface area contributed by atoms with Gasteiger partial charge in [0.25, 0.3) is 0 Å². The predicted molar refractivity (Wildman–Crippen MR) is 136 cm³/mol. The molecule has 31 heavy (non-hydrogen) atoms. The third-order valence-electron chi connectivity index (χ3n) is 5.09. The minimum absolute atomic E-state index is 0.0277. The SMILES string of the molecule is C#CC.CC.CN=C(NC(=O)N(C1CCCCC1)C1CCCCC1)SCSCC(=O)O. The first-order chi connectivity index (χ1) is 15.0. The number of carbonyl (C=O) groups is 2. The van der Waals surface area contributed by atoms with Gasteiger partial charge in [-0.2, -0.15) is 0 Å². The molecular weight excluding hydrogens is 430 g/mol. The molecule has 0 unspecified atom stereocenters. The normalized spacial score (nSPS) is 17.2. The quantitative estimate of drug-likeness (QED) is 0.168. The number of amides is 2. The Labute approximate surface area is 197 Å².